The fraction of sp³-hybridized carbons (Fsp3) is 0.417. The summed E-state index contributed by atoms with van der Waals surface area (Å²) in [6.45, 7) is 1.76. The predicted octanol–water partition coefficient (Wildman–Crippen LogP) is 2.05. The molecule has 0 radical (unpaired) electrons. The van der Waals surface area contributed by atoms with Gasteiger partial charge in [0.1, 0.15) is 10.7 Å². The lowest BCUT2D eigenvalue weighted by molar-refractivity contribution is -0.140. The highest BCUT2D eigenvalue weighted by Crippen LogP contribution is 2.25. The lowest BCUT2D eigenvalue weighted by atomic mass is 10.3. The monoisotopic (exact) mass is 323 g/mol. The first-order valence-electron chi connectivity index (χ1n) is 5.85. The van der Waals surface area contributed by atoms with Crippen molar-refractivity contribution in [2.45, 2.75) is 18.2 Å². The maximum Gasteiger partial charge on any atom is 0.306 e. The molecule has 1 rings (SSSR count). The average molecular weight is 324 g/mol. The molecule has 5 nitrogen and oxygen atoms in total. The Morgan fingerprint density at radius 1 is 1.45 bits per heavy atom. The molecule has 8 heteroatoms. The quantitative estimate of drug-likeness (QED) is 0.752. The van der Waals surface area contributed by atoms with Crippen LogP contribution in [0.4, 0.5) is 4.39 Å². The van der Waals surface area contributed by atoms with Gasteiger partial charge in [0.15, 0.2) is 0 Å². The Hall–Kier alpha value is -1.18. The van der Waals surface area contributed by atoms with E-state index in [9.17, 15) is 17.6 Å². The zero-order valence-electron chi connectivity index (χ0n) is 11.1. The van der Waals surface area contributed by atoms with Gasteiger partial charge in [-0.2, -0.15) is 4.31 Å². The van der Waals surface area contributed by atoms with Crippen LogP contribution in [0.5, 0.6) is 0 Å². The third-order valence-electron chi connectivity index (χ3n) is 2.66. The molecule has 0 aliphatic carbocycles. The van der Waals surface area contributed by atoms with Gasteiger partial charge < -0.3 is 4.74 Å². The van der Waals surface area contributed by atoms with Crippen LogP contribution in [0.2, 0.25) is 5.02 Å². The normalized spacial score (nSPS) is 11.7. The van der Waals surface area contributed by atoms with Gasteiger partial charge in [0.05, 0.1) is 18.6 Å². The Morgan fingerprint density at radius 3 is 2.60 bits per heavy atom. The van der Waals surface area contributed by atoms with Gasteiger partial charge in [-0.3, -0.25) is 4.79 Å². The Labute approximate surface area is 122 Å². The van der Waals surface area contributed by atoms with Crippen LogP contribution in [0.1, 0.15) is 13.3 Å². The molecule has 0 aromatic heterocycles. The molecule has 0 fully saturated rings. The topological polar surface area (TPSA) is 63.7 Å². The number of methoxy groups -OCH3 is 1. The SMILES string of the molecule is CCN(CCC(=O)OC)S(=O)(=O)c1ccc(F)cc1Cl. The summed E-state index contributed by atoms with van der Waals surface area (Å²) in [6.07, 6.45) is -0.0671. The molecule has 0 amide bonds. The van der Waals surface area contributed by atoms with Crippen LogP contribution in [0.3, 0.4) is 0 Å². The van der Waals surface area contributed by atoms with E-state index >= 15 is 0 Å². The summed E-state index contributed by atoms with van der Waals surface area (Å²) < 4.78 is 43.2. The Kier molecular flexibility index (Phi) is 5.91. The second-order valence-electron chi connectivity index (χ2n) is 3.90. The molecular weight excluding hydrogens is 309 g/mol. The summed E-state index contributed by atoms with van der Waals surface area (Å²) >= 11 is 5.77. The number of carbonyl (C=O) groups excluding carboxylic acids is 1. The first-order chi connectivity index (χ1) is 9.32. The maximum absolute atomic E-state index is 13.0. The third kappa shape index (κ3) is 3.91. The Balaban J connectivity index is 3.02. The van der Waals surface area contributed by atoms with Crippen molar-refractivity contribution in [3.63, 3.8) is 0 Å². The molecule has 0 aliphatic rings. The first kappa shape index (κ1) is 16.9. The van der Waals surface area contributed by atoms with Gasteiger partial charge in [0, 0.05) is 13.1 Å². The molecule has 0 spiro atoms. The summed E-state index contributed by atoms with van der Waals surface area (Å²) in [6, 6.07) is 3.06. The third-order valence-corrected chi connectivity index (χ3v) is 5.11. The van der Waals surface area contributed by atoms with Crippen molar-refractivity contribution < 1.29 is 22.3 Å². The number of hydrogen-bond donors (Lipinski definition) is 0. The second-order valence-corrected chi connectivity index (χ2v) is 6.21. The fourth-order valence-corrected chi connectivity index (χ4v) is 3.54. The number of halogens is 2. The van der Waals surface area contributed by atoms with Crippen molar-refractivity contribution >= 4 is 27.6 Å². The summed E-state index contributed by atoms with van der Waals surface area (Å²) in [5, 5.41) is -0.193. The Bertz CT molecular complexity index is 591. The van der Waals surface area contributed by atoms with Gasteiger partial charge in [0.25, 0.3) is 0 Å². The van der Waals surface area contributed by atoms with Gasteiger partial charge in [-0.1, -0.05) is 18.5 Å². The number of carbonyl (C=O) groups is 1. The Morgan fingerprint density at radius 2 is 2.10 bits per heavy atom. The highest BCUT2D eigenvalue weighted by molar-refractivity contribution is 7.89. The molecule has 112 valence electrons. The van der Waals surface area contributed by atoms with Crippen LogP contribution in [0.15, 0.2) is 23.1 Å². The lowest BCUT2D eigenvalue weighted by Crippen LogP contribution is -2.33. The number of hydrogen-bond acceptors (Lipinski definition) is 4. The van der Waals surface area contributed by atoms with Crippen LogP contribution < -0.4 is 0 Å². The summed E-state index contributed by atoms with van der Waals surface area (Å²) in [5.74, 6) is -1.13. The lowest BCUT2D eigenvalue weighted by Gasteiger charge is -2.20. The molecule has 0 atom stereocenters. The van der Waals surface area contributed by atoms with Crippen molar-refractivity contribution in [2.24, 2.45) is 0 Å². The van der Waals surface area contributed by atoms with Gasteiger partial charge >= 0.3 is 5.97 Å². The first-order valence-corrected chi connectivity index (χ1v) is 7.66. The number of rotatable bonds is 6. The van der Waals surface area contributed by atoms with Gasteiger partial charge in [0.2, 0.25) is 10.0 Å². The maximum atomic E-state index is 13.0. The molecule has 1 aromatic carbocycles. The second kappa shape index (κ2) is 7.01. The van der Waals surface area contributed by atoms with Crippen LogP contribution in [0, 0.1) is 5.82 Å². The molecule has 20 heavy (non-hydrogen) atoms. The van der Waals surface area contributed by atoms with E-state index in [-0.39, 0.29) is 29.4 Å². The zero-order valence-corrected chi connectivity index (χ0v) is 12.7. The molecule has 0 saturated heterocycles. The molecule has 0 heterocycles. The fourth-order valence-electron chi connectivity index (χ4n) is 1.59. The standard InChI is InChI=1S/C12H15ClFNO4S/c1-3-15(7-6-12(16)19-2)20(17,18)11-5-4-9(14)8-10(11)13/h4-5,8H,3,6-7H2,1-2H3. The van der Waals surface area contributed by atoms with E-state index in [1.54, 1.807) is 6.92 Å². The van der Waals surface area contributed by atoms with E-state index in [1.165, 1.54) is 7.11 Å². The van der Waals surface area contributed by atoms with Crippen LogP contribution >= 0.6 is 11.6 Å². The van der Waals surface area contributed by atoms with E-state index in [0.29, 0.717) is 0 Å². The van der Waals surface area contributed by atoms with E-state index < -0.39 is 21.8 Å². The molecule has 0 unspecified atom stereocenters. The van der Waals surface area contributed by atoms with Crippen molar-refractivity contribution in [1.82, 2.24) is 4.31 Å². The number of ether oxygens (including phenoxy) is 1. The highest BCUT2D eigenvalue weighted by Gasteiger charge is 2.26. The zero-order chi connectivity index (χ0) is 15.3. The van der Waals surface area contributed by atoms with Crippen molar-refractivity contribution in [2.75, 3.05) is 20.2 Å². The molecule has 1 aromatic rings. The van der Waals surface area contributed by atoms with Gasteiger partial charge in [-0.25, -0.2) is 12.8 Å². The van der Waals surface area contributed by atoms with Gasteiger partial charge in [-0.15, -0.1) is 0 Å². The van der Waals surface area contributed by atoms with E-state index in [4.69, 9.17) is 11.6 Å². The van der Waals surface area contributed by atoms with Crippen LogP contribution in [-0.4, -0.2) is 38.9 Å². The minimum absolute atomic E-state index is 0.0286. The minimum atomic E-state index is -3.88. The van der Waals surface area contributed by atoms with E-state index in [0.717, 1.165) is 22.5 Å². The van der Waals surface area contributed by atoms with Gasteiger partial charge in [-0.05, 0) is 18.2 Å². The van der Waals surface area contributed by atoms with Crippen LogP contribution in [-0.2, 0) is 19.6 Å². The van der Waals surface area contributed by atoms with Crippen LogP contribution in [0.25, 0.3) is 0 Å². The summed E-state index contributed by atoms with van der Waals surface area (Å²) in [7, 11) is -2.65. The molecular formula is C12H15ClFNO4S. The average Bonchev–Trinajstić information content (AvgIpc) is 2.38. The summed E-state index contributed by atoms with van der Waals surface area (Å²) in [4.78, 5) is 10.9. The van der Waals surface area contributed by atoms with Crippen molar-refractivity contribution in [3.8, 4) is 0 Å². The molecule has 0 bridgehead atoms. The summed E-state index contributed by atoms with van der Waals surface area (Å²) in [5.41, 5.74) is 0. The molecule has 0 aliphatic heterocycles. The van der Waals surface area contributed by atoms with Crippen molar-refractivity contribution in [1.29, 1.82) is 0 Å². The molecule has 0 N–H and O–H groups in total. The number of nitrogens with zero attached hydrogens (tertiary/aromatic N) is 1. The largest absolute Gasteiger partial charge is 0.469 e. The minimum Gasteiger partial charge on any atom is -0.469 e. The smallest absolute Gasteiger partial charge is 0.306 e. The van der Waals surface area contributed by atoms with Crippen molar-refractivity contribution in [3.05, 3.63) is 29.0 Å². The highest BCUT2D eigenvalue weighted by atomic mass is 35.5. The number of esters is 1. The van der Waals surface area contributed by atoms with E-state index in [2.05, 4.69) is 4.74 Å². The number of benzene rings is 1. The molecule has 0 saturated carbocycles. The number of sulfonamides is 1. The van der Waals surface area contributed by atoms with E-state index in [1.807, 2.05) is 0 Å². The predicted molar refractivity (Wildman–Crippen MR) is 72.5 cm³/mol.